The highest BCUT2D eigenvalue weighted by Crippen LogP contribution is 2.44. The van der Waals surface area contributed by atoms with E-state index >= 15 is 0 Å². The normalized spacial score (nSPS) is 18.1. The number of anilines is 1. The highest BCUT2D eigenvalue weighted by atomic mass is 32.2. The number of piperidine rings is 1. The number of aryl methyl sites for hydroxylation is 1. The zero-order chi connectivity index (χ0) is 20.4. The van der Waals surface area contributed by atoms with Crippen LogP contribution in [0.1, 0.15) is 34.3 Å². The number of amides is 3. The van der Waals surface area contributed by atoms with E-state index in [4.69, 9.17) is 0 Å². The van der Waals surface area contributed by atoms with Gasteiger partial charge >= 0.3 is 6.03 Å². The number of hydrogen-bond acceptors (Lipinski definition) is 3. The summed E-state index contributed by atoms with van der Waals surface area (Å²) >= 11 is 1.87. The van der Waals surface area contributed by atoms with Gasteiger partial charge in [-0.1, -0.05) is 30.3 Å². The molecule has 3 amide bonds. The number of nitrogens with one attached hydrogen (secondary N) is 1. The van der Waals surface area contributed by atoms with Crippen LogP contribution in [-0.4, -0.2) is 52.0 Å². The lowest BCUT2D eigenvalue weighted by atomic mass is 10.0. The average molecular weight is 410 g/mol. The Balaban J connectivity index is 1.42. The van der Waals surface area contributed by atoms with Gasteiger partial charge in [-0.3, -0.25) is 4.79 Å². The van der Waals surface area contributed by atoms with Crippen LogP contribution in [0.5, 0.6) is 0 Å². The second-order valence-corrected chi connectivity index (χ2v) is 9.24. The fourth-order valence-electron chi connectivity index (χ4n) is 4.19. The molecule has 2 aromatic rings. The Bertz CT molecular complexity index is 908. The summed E-state index contributed by atoms with van der Waals surface area (Å²) in [6.07, 6.45) is 1.60. The topological polar surface area (TPSA) is 52.7 Å². The molecule has 2 heterocycles. The molecule has 0 radical (unpaired) electrons. The maximum absolute atomic E-state index is 13.1. The molecule has 2 fully saturated rings. The van der Waals surface area contributed by atoms with E-state index in [1.807, 2.05) is 83.9 Å². The number of benzene rings is 2. The van der Waals surface area contributed by atoms with E-state index in [9.17, 15) is 9.59 Å². The molecule has 0 saturated carbocycles. The molecule has 2 aliphatic heterocycles. The SMILES string of the molecule is Cc1cccc(NC(=O)N2CCC3(CC2)SCCN3C(=O)c2ccccc2)c1C. The summed E-state index contributed by atoms with van der Waals surface area (Å²) in [4.78, 5) is 29.6. The number of carbonyl (C=O) groups excluding carboxylic acids is 2. The molecule has 0 aliphatic carbocycles. The van der Waals surface area contributed by atoms with Gasteiger partial charge in [-0.2, -0.15) is 0 Å². The van der Waals surface area contributed by atoms with Gasteiger partial charge < -0.3 is 15.1 Å². The van der Waals surface area contributed by atoms with Gasteiger partial charge in [-0.15, -0.1) is 11.8 Å². The maximum atomic E-state index is 13.1. The van der Waals surface area contributed by atoms with E-state index in [2.05, 4.69) is 5.32 Å². The number of carbonyl (C=O) groups is 2. The molecule has 4 rings (SSSR count). The van der Waals surface area contributed by atoms with E-state index in [0.29, 0.717) is 13.1 Å². The third-order valence-electron chi connectivity index (χ3n) is 6.12. The van der Waals surface area contributed by atoms with Gasteiger partial charge in [0.1, 0.15) is 0 Å². The van der Waals surface area contributed by atoms with Crippen LogP contribution < -0.4 is 5.32 Å². The molecule has 0 aromatic heterocycles. The number of hydrogen-bond donors (Lipinski definition) is 1. The van der Waals surface area contributed by atoms with Crippen LogP contribution in [0.15, 0.2) is 48.5 Å². The van der Waals surface area contributed by atoms with E-state index in [1.165, 1.54) is 0 Å². The Morgan fingerprint density at radius 1 is 0.966 bits per heavy atom. The Labute approximate surface area is 176 Å². The number of nitrogens with zero attached hydrogens (tertiary/aromatic N) is 2. The minimum atomic E-state index is -0.192. The van der Waals surface area contributed by atoms with E-state index in [1.54, 1.807) is 0 Å². The molecule has 5 nitrogen and oxygen atoms in total. The summed E-state index contributed by atoms with van der Waals surface area (Å²) in [6, 6.07) is 15.4. The Morgan fingerprint density at radius 2 is 1.69 bits per heavy atom. The maximum Gasteiger partial charge on any atom is 0.321 e. The van der Waals surface area contributed by atoms with Crippen LogP contribution in [-0.2, 0) is 0 Å². The summed E-state index contributed by atoms with van der Waals surface area (Å²) in [5, 5.41) is 3.06. The van der Waals surface area contributed by atoms with Gasteiger partial charge in [0.05, 0.1) is 4.87 Å². The van der Waals surface area contributed by atoms with Crippen LogP contribution in [0.25, 0.3) is 0 Å². The lowest BCUT2D eigenvalue weighted by Crippen LogP contribution is -2.54. The zero-order valence-corrected chi connectivity index (χ0v) is 17.8. The van der Waals surface area contributed by atoms with E-state index in [-0.39, 0.29) is 16.8 Å². The Kier molecular flexibility index (Phi) is 5.54. The largest absolute Gasteiger partial charge is 0.324 e. The molecular weight excluding hydrogens is 382 g/mol. The molecule has 0 unspecified atom stereocenters. The van der Waals surface area contributed by atoms with Crippen molar-refractivity contribution in [3.63, 3.8) is 0 Å². The number of rotatable bonds is 2. The van der Waals surface area contributed by atoms with Crippen molar-refractivity contribution in [3.05, 3.63) is 65.2 Å². The number of urea groups is 1. The van der Waals surface area contributed by atoms with Crippen molar-refractivity contribution < 1.29 is 9.59 Å². The van der Waals surface area contributed by atoms with Crippen LogP contribution in [0.2, 0.25) is 0 Å². The summed E-state index contributed by atoms with van der Waals surface area (Å²) in [5.74, 6) is 1.05. The first-order valence-corrected chi connectivity index (χ1v) is 11.1. The molecule has 0 bridgehead atoms. The zero-order valence-electron chi connectivity index (χ0n) is 17.0. The van der Waals surface area contributed by atoms with Crippen LogP contribution in [0, 0.1) is 13.8 Å². The summed E-state index contributed by atoms with van der Waals surface area (Å²) in [7, 11) is 0. The lowest BCUT2D eigenvalue weighted by Gasteiger charge is -2.44. The number of likely N-dealkylation sites (tertiary alicyclic amines) is 1. The molecule has 1 spiro atoms. The van der Waals surface area contributed by atoms with Gasteiger partial charge in [0.25, 0.3) is 5.91 Å². The van der Waals surface area contributed by atoms with E-state index < -0.39 is 0 Å². The van der Waals surface area contributed by atoms with Crippen LogP contribution in [0.3, 0.4) is 0 Å². The summed E-state index contributed by atoms with van der Waals surface area (Å²) in [5.41, 5.74) is 3.87. The molecular formula is C23H27N3O2S. The lowest BCUT2D eigenvalue weighted by molar-refractivity contribution is 0.0585. The van der Waals surface area contributed by atoms with Crippen molar-refractivity contribution in [3.8, 4) is 0 Å². The third-order valence-corrected chi connectivity index (χ3v) is 7.67. The second kappa shape index (κ2) is 8.11. The minimum absolute atomic E-state index is 0.0579. The monoisotopic (exact) mass is 409 g/mol. The van der Waals surface area contributed by atoms with Crippen molar-refractivity contribution >= 4 is 29.4 Å². The van der Waals surface area contributed by atoms with Gasteiger partial charge in [0.2, 0.25) is 0 Å². The van der Waals surface area contributed by atoms with Crippen LogP contribution >= 0.6 is 11.8 Å². The second-order valence-electron chi connectivity index (χ2n) is 7.78. The highest BCUT2D eigenvalue weighted by Gasteiger charge is 2.47. The predicted octanol–water partition coefficient (Wildman–Crippen LogP) is 4.52. The predicted molar refractivity (Wildman–Crippen MR) is 118 cm³/mol. The first kappa shape index (κ1) is 19.8. The number of thioether (sulfide) groups is 1. The third kappa shape index (κ3) is 3.86. The first-order valence-electron chi connectivity index (χ1n) is 10.1. The quantitative estimate of drug-likeness (QED) is 0.794. The standard InChI is InChI=1S/C23H27N3O2S/c1-17-7-6-10-20(18(17)2)24-22(28)25-13-11-23(12-14-25)26(15-16-29-23)21(27)19-8-4-3-5-9-19/h3-10H,11-16H2,1-2H3,(H,24,28). The average Bonchev–Trinajstić information content (AvgIpc) is 3.14. The van der Waals surface area contributed by atoms with Gasteiger partial charge in [0.15, 0.2) is 0 Å². The molecule has 2 aliphatic rings. The fourth-order valence-corrected chi connectivity index (χ4v) is 5.64. The van der Waals surface area contributed by atoms with Crippen molar-refractivity contribution in [2.45, 2.75) is 31.6 Å². The van der Waals surface area contributed by atoms with Crippen molar-refractivity contribution in [1.82, 2.24) is 9.80 Å². The van der Waals surface area contributed by atoms with Crippen molar-refractivity contribution in [2.75, 3.05) is 30.7 Å². The fraction of sp³-hybridized carbons (Fsp3) is 0.391. The van der Waals surface area contributed by atoms with Gasteiger partial charge in [-0.25, -0.2) is 4.79 Å². The van der Waals surface area contributed by atoms with Gasteiger partial charge in [0, 0.05) is 36.6 Å². The molecule has 6 heteroatoms. The molecule has 0 atom stereocenters. The molecule has 29 heavy (non-hydrogen) atoms. The highest BCUT2D eigenvalue weighted by molar-refractivity contribution is 8.00. The first-order chi connectivity index (χ1) is 14.0. The van der Waals surface area contributed by atoms with Crippen LogP contribution in [0.4, 0.5) is 10.5 Å². The Morgan fingerprint density at radius 3 is 2.41 bits per heavy atom. The molecule has 152 valence electrons. The minimum Gasteiger partial charge on any atom is -0.324 e. The smallest absolute Gasteiger partial charge is 0.321 e. The van der Waals surface area contributed by atoms with Gasteiger partial charge in [-0.05, 0) is 56.0 Å². The summed E-state index contributed by atoms with van der Waals surface area (Å²) < 4.78 is 0. The summed E-state index contributed by atoms with van der Waals surface area (Å²) in [6.45, 7) is 6.15. The van der Waals surface area contributed by atoms with Crippen molar-refractivity contribution in [2.24, 2.45) is 0 Å². The van der Waals surface area contributed by atoms with Crippen molar-refractivity contribution in [1.29, 1.82) is 0 Å². The Hall–Kier alpha value is -2.47. The molecule has 1 N–H and O–H groups in total. The molecule has 2 aromatic carbocycles. The molecule has 2 saturated heterocycles. The van der Waals surface area contributed by atoms with E-state index in [0.717, 1.165) is 47.5 Å².